The zero-order valence-electron chi connectivity index (χ0n) is 15.7. The highest BCUT2D eigenvalue weighted by atomic mass is 32.1. The highest BCUT2D eigenvalue weighted by Crippen LogP contribution is 2.13. The number of carbonyl (C=O) groups excluding carboxylic acids is 1. The molecule has 1 amide bonds. The van der Waals surface area contributed by atoms with Gasteiger partial charge in [0.1, 0.15) is 12.6 Å². The summed E-state index contributed by atoms with van der Waals surface area (Å²) in [6.45, 7) is 0.180. The molecule has 0 saturated carbocycles. The highest BCUT2D eigenvalue weighted by Gasteiger charge is 2.38. The van der Waals surface area contributed by atoms with Gasteiger partial charge in [0.2, 0.25) is 0 Å². The molecule has 5 N–H and O–H groups in total. The third-order valence-electron chi connectivity index (χ3n) is 3.37. The number of rotatable bonds is 9. The Morgan fingerprint density at radius 3 is 2.13 bits per heavy atom. The van der Waals surface area contributed by atoms with Crippen molar-refractivity contribution >= 4 is 36.3 Å². The fraction of sp³-hybridized carbons (Fsp3) is 0.438. The number of amides is 1. The van der Waals surface area contributed by atoms with Gasteiger partial charge in [0.25, 0.3) is 5.69 Å². The molecule has 0 aliphatic heterocycles. The number of nitrogens with zero attached hydrogens (tertiary/aromatic N) is 1. The van der Waals surface area contributed by atoms with Gasteiger partial charge in [0, 0.05) is 23.9 Å². The first-order valence-electron chi connectivity index (χ1n) is 8.34. The maximum atomic E-state index is 11.5. The van der Waals surface area contributed by atoms with Crippen LogP contribution in [0.1, 0.15) is 18.4 Å². The molecule has 0 saturated heterocycles. The van der Waals surface area contributed by atoms with Crippen molar-refractivity contribution < 1.29 is 47.4 Å². The van der Waals surface area contributed by atoms with Gasteiger partial charge < -0.3 is 26.0 Å². The summed E-state index contributed by atoms with van der Waals surface area (Å²) in [7, 11) is 0. The average Bonchev–Trinajstić information content (AvgIpc) is 2.68. The summed E-state index contributed by atoms with van der Waals surface area (Å²) in [6, 6.07) is 4.70. The van der Waals surface area contributed by atoms with Crippen molar-refractivity contribution in [3.8, 4) is 0 Å². The van der Waals surface area contributed by atoms with Crippen molar-refractivity contribution in [3.63, 3.8) is 0 Å². The normalized spacial score (nSPS) is 12.5. The van der Waals surface area contributed by atoms with Crippen LogP contribution in [0.3, 0.4) is 0 Å². The van der Waals surface area contributed by atoms with E-state index < -0.39 is 35.2 Å². The molecule has 1 rings (SSSR count). The first-order chi connectivity index (χ1) is 14.2. The number of nitrogens with one attached hydrogen (secondary N) is 1. The minimum Gasteiger partial charge on any atom is -0.480 e. The minimum atomic E-state index is -5.08. The lowest BCUT2D eigenvalue weighted by Crippen LogP contribution is -2.33. The summed E-state index contributed by atoms with van der Waals surface area (Å²) in [5.41, 5.74) is 5.95. The second-order valence-corrected chi connectivity index (χ2v) is 6.59. The van der Waals surface area contributed by atoms with Crippen LogP contribution >= 0.6 is 12.6 Å². The number of non-ortho nitro benzene ring substituents is 1. The largest absolute Gasteiger partial charge is 0.490 e. The zero-order chi connectivity index (χ0) is 24.2. The van der Waals surface area contributed by atoms with Gasteiger partial charge in [-0.05, 0) is 30.5 Å². The second-order valence-electron chi connectivity index (χ2n) is 5.86. The molecule has 15 heteroatoms. The van der Waals surface area contributed by atoms with Gasteiger partial charge in [0.05, 0.1) is 4.92 Å². The van der Waals surface area contributed by atoms with Crippen LogP contribution in [0, 0.1) is 10.1 Å². The number of carboxylic acids is 2. The van der Waals surface area contributed by atoms with Crippen molar-refractivity contribution in [2.75, 3.05) is 6.54 Å². The SMILES string of the molecule is NC(CCC(S)CNC(=O)OCc1ccc([N+](=O)[O-])cc1)C(=O)O.O=C(O)C(F)(F)F. The average molecular weight is 471 g/mol. The first-order valence-corrected chi connectivity index (χ1v) is 8.86. The molecule has 0 spiro atoms. The fourth-order valence-electron chi connectivity index (χ4n) is 1.71. The smallest absolute Gasteiger partial charge is 0.480 e. The number of nitro benzene ring substituents is 1. The molecule has 31 heavy (non-hydrogen) atoms. The fourth-order valence-corrected chi connectivity index (χ4v) is 1.95. The number of alkyl halides is 3. The molecule has 0 radical (unpaired) electrons. The van der Waals surface area contributed by atoms with Gasteiger partial charge in [-0.25, -0.2) is 9.59 Å². The molecule has 0 aliphatic carbocycles. The van der Waals surface area contributed by atoms with Crippen molar-refractivity contribution in [1.29, 1.82) is 0 Å². The van der Waals surface area contributed by atoms with E-state index in [1.54, 1.807) is 0 Å². The number of nitrogens with two attached hydrogens (primary N) is 1. The molecule has 0 aliphatic rings. The topological polar surface area (TPSA) is 182 Å². The van der Waals surface area contributed by atoms with Gasteiger partial charge >= 0.3 is 24.2 Å². The van der Waals surface area contributed by atoms with Crippen LogP contribution in [-0.4, -0.2) is 57.2 Å². The van der Waals surface area contributed by atoms with Crippen molar-refractivity contribution in [2.45, 2.75) is 36.9 Å². The Labute approximate surface area is 178 Å². The molecular weight excluding hydrogens is 451 g/mol. The van der Waals surface area contributed by atoms with Crippen LogP contribution in [0.4, 0.5) is 23.7 Å². The monoisotopic (exact) mass is 471 g/mol. The third-order valence-corrected chi connectivity index (χ3v) is 3.81. The van der Waals surface area contributed by atoms with E-state index in [2.05, 4.69) is 17.9 Å². The van der Waals surface area contributed by atoms with Gasteiger partial charge in [0.15, 0.2) is 0 Å². The van der Waals surface area contributed by atoms with E-state index in [0.717, 1.165) is 0 Å². The molecule has 1 aromatic carbocycles. The molecule has 11 nitrogen and oxygen atoms in total. The number of hydrogen-bond donors (Lipinski definition) is 5. The molecule has 0 aromatic heterocycles. The Morgan fingerprint density at radius 2 is 1.71 bits per heavy atom. The van der Waals surface area contributed by atoms with Gasteiger partial charge in [-0.2, -0.15) is 25.8 Å². The van der Waals surface area contributed by atoms with E-state index >= 15 is 0 Å². The van der Waals surface area contributed by atoms with E-state index in [1.165, 1.54) is 24.3 Å². The zero-order valence-corrected chi connectivity index (χ0v) is 16.6. The van der Waals surface area contributed by atoms with E-state index in [9.17, 15) is 32.9 Å². The Kier molecular flexibility index (Phi) is 12.0. The summed E-state index contributed by atoms with van der Waals surface area (Å²) >= 11 is 4.23. The summed E-state index contributed by atoms with van der Waals surface area (Å²) < 4.78 is 36.7. The van der Waals surface area contributed by atoms with Gasteiger partial charge in [-0.1, -0.05) is 0 Å². The molecule has 174 valence electrons. The second kappa shape index (κ2) is 13.3. The number of aliphatic carboxylic acids is 2. The Balaban J connectivity index is 0.00000110. The van der Waals surface area contributed by atoms with Crippen LogP contribution in [0.2, 0.25) is 0 Å². The Bertz CT molecular complexity index is 761. The van der Waals surface area contributed by atoms with Crippen LogP contribution in [0.15, 0.2) is 24.3 Å². The molecule has 0 heterocycles. The van der Waals surface area contributed by atoms with Crippen LogP contribution in [-0.2, 0) is 20.9 Å². The lowest BCUT2D eigenvalue weighted by Gasteiger charge is -2.13. The molecule has 2 atom stereocenters. The van der Waals surface area contributed by atoms with Gasteiger partial charge in [-0.15, -0.1) is 0 Å². The molecule has 1 aromatic rings. The maximum absolute atomic E-state index is 11.5. The lowest BCUT2D eigenvalue weighted by atomic mass is 10.1. The summed E-state index contributed by atoms with van der Waals surface area (Å²) in [4.78, 5) is 41.0. The maximum Gasteiger partial charge on any atom is 0.490 e. The number of thiol groups is 1. The van der Waals surface area contributed by atoms with Crippen LogP contribution in [0.25, 0.3) is 0 Å². The van der Waals surface area contributed by atoms with Crippen molar-refractivity contribution in [1.82, 2.24) is 5.32 Å². The predicted molar refractivity (Wildman–Crippen MR) is 103 cm³/mol. The number of ether oxygens (including phenoxy) is 1. The number of carbonyl (C=O) groups is 3. The molecule has 0 bridgehead atoms. The molecule has 2 unspecified atom stereocenters. The minimum absolute atomic E-state index is 0.0229. The van der Waals surface area contributed by atoms with Crippen molar-refractivity contribution in [2.24, 2.45) is 5.73 Å². The van der Waals surface area contributed by atoms with Gasteiger partial charge in [-0.3, -0.25) is 14.9 Å². The number of nitro groups is 1. The first kappa shape index (κ1) is 27.9. The molecule has 0 fully saturated rings. The number of alkyl carbamates (subject to hydrolysis) is 1. The van der Waals surface area contributed by atoms with E-state index in [0.29, 0.717) is 12.0 Å². The van der Waals surface area contributed by atoms with E-state index in [4.69, 9.17) is 25.5 Å². The Morgan fingerprint density at radius 1 is 1.19 bits per heavy atom. The van der Waals surface area contributed by atoms with E-state index in [-0.39, 0.29) is 30.5 Å². The van der Waals surface area contributed by atoms with Crippen LogP contribution < -0.4 is 11.1 Å². The number of hydrogen-bond acceptors (Lipinski definition) is 8. The van der Waals surface area contributed by atoms with Crippen LogP contribution in [0.5, 0.6) is 0 Å². The molecular formula is C16H20F3N3O8S. The summed E-state index contributed by atoms with van der Waals surface area (Å²) in [6.07, 6.45) is -5.06. The highest BCUT2D eigenvalue weighted by molar-refractivity contribution is 7.81. The predicted octanol–water partition coefficient (Wildman–Crippen LogP) is 1.94. The lowest BCUT2D eigenvalue weighted by molar-refractivity contribution is -0.384. The third kappa shape index (κ3) is 13.0. The quantitative estimate of drug-likeness (QED) is 0.204. The summed E-state index contributed by atoms with van der Waals surface area (Å²) in [5.74, 6) is -3.83. The number of halogens is 3. The number of carboxylic acid groups (broad SMARTS) is 2. The summed E-state index contributed by atoms with van der Waals surface area (Å²) in [5, 5.41) is 28.6. The van der Waals surface area contributed by atoms with Crippen molar-refractivity contribution in [3.05, 3.63) is 39.9 Å². The Hall–Kier alpha value is -3.07. The van der Waals surface area contributed by atoms with E-state index in [1.807, 2.05) is 0 Å². The number of benzene rings is 1. The standard InChI is InChI=1S/C14H19N3O6S.C2HF3O2/c15-12(13(18)19)6-5-11(24)7-16-14(20)23-8-9-1-3-10(4-2-9)17(21)22;3-2(4,5)1(6)7/h1-4,11-12,24H,5-8,15H2,(H,16,20)(H,18,19);(H,6,7).